The highest BCUT2D eigenvalue weighted by Crippen LogP contribution is 2.23. The largest absolute Gasteiger partial charge is 0.462 e. The Morgan fingerprint density at radius 3 is 2.35 bits per heavy atom. The summed E-state index contributed by atoms with van der Waals surface area (Å²) in [7, 11) is 0. The first-order valence-corrected chi connectivity index (χ1v) is 9.04. The van der Waals surface area contributed by atoms with Gasteiger partial charge in [-0.3, -0.25) is 4.79 Å². The van der Waals surface area contributed by atoms with Crippen LogP contribution in [0.5, 0.6) is 0 Å². The third-order valence-electron chi connectivity index (χ3n) is 3.91. The number of Topliss-reactive ketones (excluding diaryl/α,β-unsaturated/α-hetero) is 1. The van der Waals surface area contributed by atoms with E-state index < -0.39 is 23.8 Å². The number of rotatable bonds is 6. The Labute approximate surface area is 155 Å². The number of H-pyrrole nitrogens is 1. The molecule has 1 atom stereocenters. The van der Waals surface area contributed by atoms with E-state index in [4.69, 9.17) is 9.47 Å². The minimum absolute atomic E-state index is 0.239. The van der Waals surface area contributed by atoms with Gasteiger partial charge >= 0.3 is 11.9 Å². The van der Waals surface area contributed by atoms with Crippen LogP contribution in [0, 0.1) is 27.7 Å². The van der Waals surface area contributed by atoms with E-state index in [9.17, 15) is 14.4 Å². The summed E-state index contributed by atoms with van der Waals surface area (Å²) in [6.07, 6.45) is -1.00. The molecule has 0 aliphatic carbocycles. The van der Waals surface area contributed by atoms with E-state index in [-0.39, 0.29) is 12.3 Å². The van der Waals surface area contributed by atoms with E-state index in [2.05, 4.69) is 9.97 Å². The van der Waals surface area contributed by atoms with Gasteiger partial charge in [0.1, 0.15) is 4.88 Å². The van der Waals surface area contributed by atoms with Crippen molar-refractivity contribution in [1.29, 1.82) is 0 Å². The number of hydrogen-bond donors (Lipinski definition) is 1. The standard InChI is InChI=1S/C18H22N2O5S/c1-7-24-17(22)13-8(2)14(20-9(13)3)15(21)11(5)25-18(23)16-10(4)19-12(6)26-16/h11,20H,7H2,1-6H3/t11-/m1/s1. The van der Waals surface area contributed by atoms with Crippen molar-refractivity contribution in [1.82, 2.24) is 9.97 Å². The molecule has 0 unspecified atom stereocenters. The molecule has 8 heteroatoms. The van der Waals surface area contributed by atoms with Crippen LogP contribution >= 0.6 is 11.3 Å². The predicted molar refractivity (Wildman–Crippen MR) is 97.0 cm³/mol. The number of carbonyl (C=O) groups is 3. The van der Waals surface area contributed by atoms with Crippen molar-refractivity contribution in [2.75, 3.05) is 6.61 Å². The zero-order valence-electron chi connectivity index (χ0n) is 15.7. The van der Waals surface area contributed by atoms with Crippen molar-refractivity contribution in [3.63, 3.8) is 0 Å². The zero-order valence-corrected chi connectivity index (χ0v) is 16.5. The smallest absolute Gasteiger partial charge is 0.350 e. The number of ether oxygens (including phenoxy) is 2. The van der Waals surface area contributed by atoms with E-state index in [1.807, 2.05) is 0 Å². The SMILES string of the molecule is CCOC(=O)c1c(C)[nH]c(C(=O)[C@@H](C)OC(=O)c2sc(C)nc2C)c1C. The van der Waals surface area contributed by atoms with Crippen LogP contribution in [-0.2, 0) is 9.47 Å². The molecule has 2 heterocycles. The number of esters is 2. The van der Waals surface area contributed by atoms with Gasteiger partial charge in [-0.15, -0.1) is 11.3 Å². The Balaban J connectivity index is 2.21. The average molecular weight is 378 g/mol. The first kappa shape index (κ1) is 19.8. The van der Waals surface area contributed by atoms with Gasteiger partial charge in [0.25, 0.3) is 0 Å². The van der Waals surface area contributed by atoms with Crippen molar-refractivity contribution in [2.24, 2.45) is 0 Å². The number of aryl methyl sites for hydroxylation is 3. The molecule has 0 saturated carbocycles. The minimum Gasteiger partial charge on any atom is -0.462 e. The van der Waals surface area contributed by atoms with E-state index in [0.29, 0.717) is 27.4 Å². The fourth-order valence-electron chi connectivity index (χ4n) is 2.70. The fourth-order valence-corrected chi connectivity index (χ4v) is 3.50. The summed E-state index contributed by atoms with van der Waals surface area (Å²) in [6, 6.07) is 0. The van der Waals surface area contributed by atoms with Crippen molar-refractivity contribution in [3.05, 3.63) is 38.1 Å². The molecule has 140 valence electrons. The van der Waals surface area contributed by atoms with Gasteiger partial charge in [-0.1, -0.05) is 0 Å². The molecule has 7 nitrogen and oxygen atoms in total. The zero-order chi connectivity index (χ0) is 19.6. The monoisotopic (exact) mass is 378 g/mol. The third-order valence-corrected chi connectivity index (χ3v) is 4.96. The average Bonchev–Trinajstić information content (AvgIpc) is 3.05. The first-order valence-electron chi connectivity index (χ1n) is 8.22. The van der Waals surface area contributed by atoms with E-state index in [1.165, 1.54) is 18.3 Å². The Bertz CT molecular complexity index is 865. The van der Waals surface area contributed by atoms with E-state index >= 15 is 0 Å². The van der Waals surface area contributed by atoms with Crippen LogP contribution in [0.1, 0.15) is 66.3 Å². The highest BCUT2D eigenvalue weighted by molar-refractivity contribution is 7.13. The summed E-state index contributed by atoms with van der Waals surface area (Å²) in [5, 5.41) is 0.753. The Kier molecular flexibility index (Phi) is 5.97. The quantitative estimate of drug-likeness (QED) is 0.612. The Morgan fingerprint density at radius 2 is 1.81 bits per heavy atom. The number of nitrogens with one attached hydrogen (secondary N) is 1. The van der Waals surface area contributed by atoms with Crippen LogP contribution in [-0.4, -0.2) is 40.4 Å². The molecular formula is C18H22N2O5S. The maximum absolute atomic E-state index is 12.7. The number of ketones is 1. The van der Waals surface area contributed by atoms with Crippen LogP contribution in [0.3, 0.4) is 0 Å². The normalized spacial score (nSPS) is 11.9. The van der Waals surface area contributed by atoms with E-state index in [1.54, 1.807) is 34.6 Å². The second kappa shape index (κ2) is 7.82. The molecule has 1 N–H and O–H groups in total. The topological polar surface area (TPSA) is 98.4 Å². The molecule has 0 saturated heterocycles. The molecule has 2 aromatic rings. The van der Waals surface area contributed by atoms with Crippen LogP contribution < -0.4 is 0 Å². The maximum Gasteiger partial charge on any atom is 0.350 e. The van der Waals surface area contributed by atoms with Crippen molar-refractivity contribution in [3.8, 4) is 0 Å². The molecular weight excluding hydrogens is 356 g/mol. The maximum atomic E-state index is 12.7. The fraction of sp³-hybridized carbons (Fsp3) is 0.444. The summed E-state index contributed by atoms with van der Waals surface area (Å²) in [6.45, 7) is 10.3. The lowest BCUT2D eigenvalue weighted by atomic mass is 10.1. The number of aromatic amines is 1. The molecule has 0 aromatic carbocycles. The second-order valence-corrected chi connectivity index (χ2v) is 7.11. The summed E-state index contributed by atoms with van der Waals surface area (Å²) in [4.78, 5) is 44.5. The number of nitrogens with zero attached hydrogens (tertiary/aromatic N) is 1. The van der Waals surface area contributed by atoms with Crippen LogP contribution in [0.2, 0.25) is 0 Å². The number of thiazole rings is 1. The summed E-state index contributed by atoms with van der Waals surface area (Å²) < 4.78 is 10.3. The number of carbonyl (C=O) groups excluding carboxylic acids is 3. The molecule has 26 heavy (non-hydrogen) atoms. The van der Waals surface area contributed by atoms with Crippen molar-refractivity contribution >= 4 is 29.1 Å². The van der Waals surface area contributed by atoms with E-state index in [0.717, 1.165) is 5.01 Å². The van der Waals surface area contributed by atoms with Gasteiger partial charge in [-0.05, 0) is 47.1 Å². The number of aromatic nitrogens is 2. The van der Waals surface area contributed by atoms with Crippen molar-refractivity contribution in [2.45, 2.75) is 47.6 Å². The van der Waals surface area contributed by atoms with Crippen LogP contribution in [0.4, 0.5) is 0 Å². The molecule has 0 spiro atoms. The lowest BCUT2D eigenvalue weighted by molar-refractivity contribution is 0.0320. The molecule has 0 bridgehead atoms. The summed E-state index contributed by atoms with van der Waals surface area (Å²) in [5.41, 5.74) is 2.18. The lowest BCUT2D eigenvalue weighted by Crippen LogP contribution is -2.25. The van der Waals surface area contributed by atoms with Gasteiger partial charge in [0.15, 0.2) is 6.10 Å². The highest BCUT2D eigenvalue weighted by atomic mass is 32.1. The molecule has 0 aliphatic heterocycles. The van der Waals surface area contributed by atoms with Crippen LogP contribution in [0.15, 0.2) is 0 Å². The summed E-state index contributed by atoms with van der Waals surface area (Å²) in [5.74, 6) is -1.48. The Morgan fingerprint density at radius 1 is 1.15 bits per heavy atom. The minimum atomic E-state index is -1.00. The highest BCUT2D eigenvalue weighted by Gasteiger charge is 2.28. The van der Waals surface area contributed by atoms with Crippen LogP contribution in [0.25, 0.3) is 0 Å². The van der Waals surface area contributed by atoms with Gasteiger partial charge in [0.05, 0.1) is 28.6 Å². The van der Waals surface area contributed by atoms with Gasteiger partial charge in [-0.25, -0.2) is 14.6 Å². The predicted octanol–water partition coefficient (Wildman–Crippen LogP) is 3.31. The van der Waals surface area contributed by atoms with Gasteiger partial charge in [0.2, 0.25) is 5.78 Å². The third kappa shape index (κ3) is 3.85. The Hall–Kier alpha value is -2.48. The molecule has 0 radical (unpaired) electrons. The molecule has 0 aliphatic rings. The molecule has 2 rings (SSSR count). The molecule has 0 amide bonds. The summed E-state index contributed by atoms with van der Waals surface area (Å²) >= 11 is 1.23. The van der Waals surface area contributed by atoms with Gasteiger partial charge in [-0.2, -0.15) is 0 Å². The second-order valence-electron chi connectivity index (χ2n) is 5.90. The lowest BCUT2D eigenvalue weighted by Gasteiger charge is -2.11. The molecule has 2 aromatic heterocycles. The number of hydrogen-bond acceptors (Lipinski definition) is 7. The van der Waals surface area contributed by atoms with Crippen molar-refractivity contribution < 1.29 is 23.9 Å². The first-order chi connectivity index (χ1) is 12.2. The molecule has 0 fully saturated rings. The van der Waals surface area contributed by atoms with Gasteiger partial charge in [0, 0.05) is 5.69 Å². The van der Waals surface area contributed by atoms with Gasteiger partial charge < -0.3 is 14.5 Å².